The molecule has 6 nitrogen and oxygen atoms in total. The number of nitrogens with zero attached hydrogens (tertiary/aromatic N) is 2. The summed E-state index contributed by atoms with van der Waals surface area (Å²) in [6.07, 6.45) is 1.91. The molecule has 1 heterocycles. The van der Waals surface area contributed by atoms with Crippen LogP contribution in [0.1, 0.15) is 24.8 Å². The minimum Gasteiger partial charge on any atom is -0.494 e. The number of anilines is 1. The number of benzene rings is 2. The van der Waals surface area contributed by atoms with Crippen LogP contribution in [0.4, 0.5) is 5.69 Å². The van der Waals surface area contributed by atoms with Crippen LogP contribution in [0.15, 0.2) is 48.5 Å². The number of amides is 2. The minimum absolute atomic E-state index is 0.0399. The van der Waals surface area contributed by atoms with E-state index in [1.54, 1.807) is 4.90 Å². The lowest BCUT2D eigenvalue weighted by Gasteiger charge is -2.36. The van der Waals surface area contributed by atoms with Gasteiger partial charge in [0, 0.05) is 43.3 Å². The van der Waals surface area contributed by atoms with Crippen molar-refractivity contribution in [2.75, 3.05) is 44.2 Å². The highest BCUT2D eigenvalue weighted by atomic mass is 35.5. The fourth-order valence-corrected chi connectivity index (χ4v) is 3.73. The van der Waals surface area contributed by atoms with Crippen LogP contribution in [0.3, 0.4) is 0 Å². The van der Waals surface area contributed by atoms with Gasteiger partial charge in [0.05, 0.1) is 13.2 Å². The molecule has 2 amide bonds. The van der Waals surface area contributed by atoms with Crippen molar-refractivity contribution >= 4 is 29.1 Å². The van der Waals surface area contributed by atoms with Gasteiger partial charge >= 0.3 is 0 Å². The lowest BCUT2D eigenvalue weighted by molar-refractivity contribution is -0.133. The smallest absolute Gasteiger partial charge is 0.242 e. The molecule has 2 aromatic rings. The standard InChI is InChI=1S/C24H30ClN3O3/c1-19-6-4-9-22(16-19)31-15-3-2-10-23(29)26-18-24(30)28-13-11-27(12-14-28)21-8-5-7-20(25)17-21/h4-9,16-17H,2-3,10-15,18H2,1H3,(H,26,29). The number of hydrogen-bond donors (Lipinski definition) is 1. The van der Waals surface area contributed by atoms with E-state index in [0.717, 1.165) is 42.9 Å². The van der Waals surface area contributed by atoms with Crippen LogP contribution < -0.4 is 15.0 Å². The summed E-state index contributed by atoms with van der Waals surface area (Å²) in [5, 5.41) is 3.45. The summed E-state index contributed by atoms with van der Waals surface area (Å²) in [4.78, 5) is 28.5. The Hall–Kier alpha value is -2.73. The minimum atomic E-state index is -0.0959. The van der Waals surface area contributed by atoms with Crippen molar-refractivity contribution in [2.45, 2.75) is 26.2 Å². The van der Waals surface area contributed by atoms with Gasteiger partial charge in [-0.05, 0) is 55.7 Å². The van der Waals surface area contributed by atoms with E-state index in [-0.39, 0.29) is 18.4 Å². The second-order valence-electron chi connectivity index (χ2n) is 7.75. The quantitative estimate of drug-likeness (QED) is 0.601. The molecule has 0 unspecified atom stereocenters. The predicted molar refractivity (Wildman–Crippen MR) is 124 cm³/mol. The van der Waals surface area contributed by atoms with Crippen molar-refractivity contribution in [2.24, 2.45) is 0 Å². The molecule has 0 aromatic heterocycles. The Kier molecular flexibility index (Phi) is 8.59. The average molecular weight is 444 g/mol. The highest BCUT2D eigenvalue weighted by Gasteiger charge is 2.21. The molecule has 1 aliphatic heterocycles. The SMILES string of the molecule is Cc1cccc(OCCCCC(=O)NCC(=O)N2CCN(c3cccc(Cl)c3)CC2)c1. The number of aryl methyl sites for hydroxylation is 1. The molecule has 1 aliphatic rings. The van der Waals surface area contributed by atoms with E-state index in [1.165, 1.54) is 0 Å². The maximum absolute atomic E-state index is 12.4. The molecular formula is C24H30ClN3O3. The predicted octanol–water partition coefficient (Wildman–Crippen LogP) is 3.66. The summed E-state index contributed by atoms with van der Waals surface area (Å²) < 4.78 is 5.69. The zero-order valence-corrected chi connectivity index (χ0v) is 18.7. The first-order valence-corrected chi connectivity index (χ1v) is 11.1. The third-order valence-electron chi connectivity index (χ3n) is 5.30. The Morgan fingerprint density at radius 2 is 1.81 bits per heavy atom. The van der Waals surface area contributed by atoms with E-state index >= 15 is 0 Å². The molecule has 1 saturated heterocycles. The molecule has 3 rings (SSSR count). The molecule has 166 valence electrons. The van der Waals surface area contributed by atoms with E-state index in [0.29, 0.717) is 31.1 Å². The summed E-state index contributed by atoms with van der Waals surface area (Å²) in [5.41, 5.74) is 2.23. The average Bonchev–Trinajstić information content (AvgIpc) is 2.77. The summed E-state index contributed by atoms with van der Waals surface area (Å²) in [5.74, 6) is 0.717. The van der Waals surface area contributed by atoms with Gasteiger partial charge in [-0.25, -0.2) is 0 Å². The number of rotatable bonds is 9. The lowest BCUT2D eigenvalue weighted by Crippen LogP contribution is -2.51. The van der Waals surface area contributed by atoms with Gasteiger partial charge in [0.25, 0.3) is 0 Å². The number of hydrogen-bond acceptors (Lipinski definition) is 4. The summed E-state index contributed by atoms with van der Waals surface area (Å²) in [6.45, 7) is 5.43. The molecule has 1 N–H and O–H groups in total. The van der Waals surface area contributed by atoms with Crippen molar-refractivity contribution < 1.29 is 14.3 Å². The van der Waals surface area contributed by atoms with Crippen LogP contribution >= 0.6 is 11.6 Å². The molecule has 31 heavy (non-hydrogen) atoms. The number of halogens is 1. The topological polar surface area (TPSA) is 61.9 Å². The zero-order valence-electron chi connectivity index (χ0n) is 18.0. The van der Waals surface area contributed by atoms with E-state index in [1.807, 2.05) is 55.5 Å². The molecule has 0 atom stereocenters. The molecule has 0 bridgehead atoms. The Morgan fingerprint density at radius 1 is 1.03 bits per heavy atom. The van der Waals surface area contributed by atoms with Crippen LogP contribution in [0.5, 0.6) is 5.75 Å². The van der Waals surface area contributed by atoms with Crippen LogP contribution in [0.2, 0.25) is 5.02 Å². The Bertz CT molecular complexity index is 882. The van der Waals surface area contributed by atoms with E-state index in [2.05, 4.69) is 10.2 Å². The van der Waals surface area contributed by atoms with Gasteiger partial charge in [-0.15, -0.1) is 0 Å². The van der Waals surface area contributed by atoms with Gasteiger partial charge in [-0.3, -0.25) is 9.59 Å². The molecule has 0 spiro atoms. The third kappa shape index (κ3) is 7.47. The maximum atomic E-state index is 12.4. The number of carbonyl (C=O) groups excluding carboxylic acids is 2. The van der Waals surface area contributed by atoms with Crippen molar-refractivity contribution in [1.82, 2.24) is 10.2 Å². The number of unbranched alkanes of at least 4 members (excludes halogenated alkanes) is 1. The molecule has 1 fully saturated rings. The second kappa shape index (κ2) is 11.6. The van der Waals surface area contributed by atoms with Crippen molar-refractivity contribution in [3.8, 4) is 5.75 Å². The van der Waals surface area contributed by atoms with Crippen molar-refractivity contribution in [3.05, 3.63) is 59.1 Å². The van der Waals surface area contributed by atoms with Crippen LogP contribution in [-0.4, -0.2) is 56.0 Å². The first kappa shape index (κ1) is 22.9. The number of piperazine rings is 1. The third-order valence-corrected chi connectivity index (χ3v) is 5.53. The van der Waals surface area contributed by atoms with E-state index in [9.17, 15) is 9.59 Å². The lowest BCUT2D eigenvalue weighted by atomic mass is 10.2. The Balaban J connectivity index is 1.27. The van der Waals surface area contributed by atoms with Gasteiger partial charge in [-0.1, -0.05) is 29.8 Å². The molecule has 7 heteroatoms. The normalized spacial score (nSPS) is 13.7. The second-order valence-corrected chi connectivity index (χ2v) is 8.18. The van der Waals surface area contributed by atoms with Crippen LogP contribution in [0, 0.1) is 6.92 Å². The van der Waals surface area contributed by atoms with Gasteiger partial charge in [0.15, 0.2) is 0 Å². The molecule has 0 aliphatic carbocycles. The monoisotopic (exact) mass is 443 g/mol. The Labute approximate surface area is 189 Å². The van der Waals surface area contributed by atoms with Gasteiger partial charge in [0.2, 0.25) is 11.8 Å². The molecule has 0 radical (unpaired) electrons. The molecular weight excluding hydrogens is 414 g/mol. The highest BCUT2D eigenvalue weighted by Crippen LogP contribution is 2.20. The number of carbonyl (C=O) groups is 2. The summed E-state index contributed by atoms with van der Waals surface area (Å²) in [6, 6.07) is 15.7. The van der Waals surface area contributed by atoms with Crippen LogP contribution in [0.25, 0.3) is 0 Å². The fourth-order valence-electron chi connectivity index (χ4n) is 3.54. The summed E-state index contributed by atoms with van der Waals surface area (Å²) >= 11 is 6.06. The van der Waals surface area contributed by atoms with Crippen LogP contribution in [-0.2, 0) is 9.59 Å². The zero-order chi connectivity index (χ0) is 22.1. The number of ether oxygens (including phenoxy) is 1. The van der Waals surface area contributed by atoms with Gasteiger partial charge in [-0.2, -0.15) is 0 Å². The first-order chi connectivity index (χ1) is 15.0. The number of nitrogens with one attached hydrogen (secondary N) is 1. The van der Waals surface area contributed by atoms with Gasteiger partial charge < -0.3 is 19.9 Å². The van der Waals surface area contributed by atoms with E-state index in [4.69, 9.17) is 16.3 Å². The summed E-state index contributed by atoms with van der Waals surface area (Å²) in [7, 11) is 0. The molecule has 2 aromatic carbocycles. The largest absolute Gasteiger partial charge is 0.494 e. The highest BCUT2D eigenvalue weighted by molar-refractivity contribution is 6.30. The van der Waals surface area contributed by atoms with Gasteiger partial charge in [0.1, 0.15) is 5.75 Å². The fraction of sp³-hybridized carbons (Fsp3) is 0.417. The van der Waals surface area contributed by atoms with Crippen molar-refractivity contribution in [3.63, 3.8) is 0 Å². The first-order valence-electron chi connectivity index (χ1n) is 10.8. The van der Waals surface area contributed by atoms with Crippen molar-refractivity contribution in [1.29, 1.82) is 0 Å². The van der Waals surface area contributed by atoms with E-state index < -0.39 is 0 Å². The molecule has 0 saturated carbocycles. The Morgan fingerprint density at radius 3 is 2.55 bits per heavy atom. The maximum Gasteiger partial charge on any atom is 0.242 e.